The average molecular weight is 509 g/mol. The number of allylic oxidation sites excluding steroid dienone is 4. The van der Waals surface area contributed by atoms with Crippen LogP contribution < -0.4 is 9.47 Å². The van der Waals surface area contributed by atoms with Gasteiger partial charge in [0, 0.05) is 6.08 Å². The van der Waals surface area contributed by atoms with E-state index in [4.69, 9.17) is 18.9 Å². The average Bonchev–Trinajstić information content (AvgIpc) is 2.90. The van der Waals surface area contributed by atoms with Gasteiger partial charge in [-0.15, -0.1) is 0 Å². The molecule has 0 atom stereocenters. The Bertz CT molecular complexity index is 1140. The van der Waals surface area contributed by atoms with E-state index in [0.717, 1.165) is 6.08 Å². The van der Waals surface area contributed by atoms with E-state index in [9.17, 15) is 19.2 Å². The van der Waals surface area contributed by atoms with Crippen molar-refractivity contribution in [3.05, 3.63) is 96.0 Å². The van der Waals surface area contributed by atoms with Crippen LogP contribution in [0.4, 0.5) is 0 Å². The van der Waals surface area contributed by atoms with Crippen molar-refractivity contribution in [2.75, 3.05) is 13.2 Å². The molecular formula is C28H28O9. The number of hydrogen-bond donors (Lipinski definition) is 0. The predicted octanol–water partition coefficient (Wildman–Crippen LogP) is 4.93. The number of rotatable bonds is 14. The van der Waals surface area contributed by atoms with Crippen molar-refractivity contribution < 1.29 is 42.9 Å². The van der Waals surface area contributed by atoms with Crippen molar-refractivity contribution in [2.45, 2.75) is 26.7 Å². The number of carbonyl (C=O) groups is 4. The van der Waals surface area contributed by atoms with Crippen LogP contribution >= 0.6 is 0 Å². The molecule has 9 nitrogen and oxygen atoms in total. The maximum atomic E-state index is 12.4. The normalized spacial score (nSPS) is 11.2. The second-order valence-corrected chi connectivity index (χ2v) is 7.52. The quantitative estimate of drug-likeness (QED) is 0.0512. The Morgan fingerprint density at radius 1 is 0.784 bits per heavy atom. The van der Waals surface area contributed by atoms with Crippen LogP contribution in [0.5, 0.6) is 11.5 Å². The van der Waals surface area contributed by atoms with Crippen molar-refractivity contribution in [3.8, 4) is 11.5 Å². The number of benzene rings is 2. The van der Waals surface area contributed by atoms with E-state index in [2.05, 4.69) is 11.3 Å². The molecule has 2 aromatic rings. The van der Waals surface area contributed by atoms with Gasteiger partial charge < -0.3 is 23.7 Å². The first kappa shape index (κ1) is 28.6. The summed E-state index contributed by atoms with van der Waals surface area (Å²) in [5.74, 6) is -0.111. The van der Waals surface area contributed by atoms with Crippen molar-refractivity contribution in [1.29, 1.82) is 0 Å². The number of unbranched alkanes of at least 4 members (excludes halogenated alkanes) is 1. The molecule has 37 heavy (non-hydrogen) atoms. The van der Waals surface area contributed by atoms with Gasteiger partial charge in [-0.05, 0) is 87.4 Å². The Balaban J connectivity index is 1.81. The molecule has 9 heteroatoms. The summed E-state index contributed by atoms with van der Waals surface area (Å²) in [4.78, 5) is 45.9. The van der Waals surface area contributed by atoms with Gasteiger partial charge in [0.1, 0.15) is 23.0 Å². The smallest absolute Gasteiger partial charge is 0.343 e. The maximum absolute atomic E-state index is 12.4. The van der Waals surface area contributed by atoms with Crippen LogP contribution in [0.2, 0.25) is 0 Å². The molecule has 2 rings (SSSR count). The monoisotopic (exact) mass is 508 g/mol. The number of hydrogen-bond acceptors (Lipinski definition) is 9. The van der Waals surface area contributed by atoms with Crippen LogP contribution in [0.15, 0.2) is 84.9 Å². The zero-order valence-electron chi connectivity index (χ0n) is 20.6. The van der Waals surface area contributed by atoms with E-state index in [0.29, 0.717) is 55.4 Å². The molecule has 0 spiro atoms. The first-order valence-corrected chi connectivity index (χ1v) is 11.3. The van der Waals surface area contributed by atoms with Crippen LogP contribution in [0.25, 0.3) is 0 Å². The first-order chi connectivity index (χ1) is 17.8. The van der Waals surface area contributed by atoms with E-state index < -0.39 is 17.9 Å². The Kier molecular flexibility index (Phi) is 11.9. The molecule has 0 bridgehead atoms. The standard InChI is InChI=1S/C28H28O9/c1-4-26(30)34-18-6-5-17-33-24-13-9-23(10-14-24)28(32)37-25-15-11-22(12-16-25)27(31)36-21(3)8-7-20(2)35-19-29/h4,7-16,19H,1,5-6,17-18H2,2-3H3/b20-7+,21-8+. The summed E-state index contributed by atoms with van der Waals surface area (Å²) < 4.78 is 25.7. The molecule has 0 unspecified atom stereocenters. The van der Waals surface area contributed by atoms with E-state index in [1.807, 2.05) is 0 Å². The third-order valence-electron chi connectivity index (χ3n) is 4.65. The summed E-state index contributed by atoms with van der Waals surface area (Å²) in [6.07, 6.45) is 5.46. The van der Waals surface area contributed by atoms with Gasteiger partial charge in [0.15, 0.2) is 0 Å². The molecule has 0 amide bonds. The molecule has 0 aromatic heterocycles. The van der Waals surface area contributed by atoms with Crippen LogP contribution in [0, 0.1) is 0 Å². The van der Waals surface area contributed by atoms with E-state index in [-0.39, 0.29) is 11.3 Å². The molecule has 0 N–H and O–H groups in total. The van der Waals surface area contributed by atoms with Crippen molar-refractivity contribution >= 4 is 24.4 Å². The third kappa shape index (κ3) is 10.6. The summed E-state index contributed by atoms with van der Waals surface area (Å²) in [7, 11) is 0. The Morgan fingerprint density at radius 2 is 1.35 bits per heavy atom. The zero-order valence-corrected chi connectivity index (χ0v) is 20.6. The van der Waals surface area contributed by atoms with Crippen LogP contribution in [0.3, 0.4) is 0 Å². The van der Waals surface area contributed by atoms with Gasteiger partial charge in [-0.2, -0.15) is 0 Å². The minimum absolute atomic E-state index is 0.260. The highest BCUT2D eigenvalue weighted by Gasteiger charge is 2.12. The molecule has 0 aliphatic heterocycles. The SMILES string of the molecule is C=CC(=O)OCCCCOc1ccc(C(=O)Oc2ccc(C(=O)O/C(C)=C/C=C(\C)OC=O)cc2)cc1. The summed E-state index contributed by atoms with van der Waals surface area (Å²) in [5, 5.41) is 0. The van der Waals surface area contributed by atoms with E-state index in [1.54, 1.807) is 38.1 Å². The van der Waals surface area contributed by atoms with Gasteiger partial charge in [-0.1, -0.05) is 6.58 Å². The number of carbonyl (C=O) groups excluding carboxylic acids is 4. The number of esters is 3. The van der Waals surface area contributed by atoms with Crippen molar-refractivity contribution in [1.82, 2.24) is 0 Å². The minimum atomic E-state index is -0.595. The molecule has 0 aliphatic carbocycles. The van der Waals surface area contributed by atoms with Gasteiger partial charge >= 0.3 is 17.9 Å². The van der Waals surface area contributed by atoms with Crippen molar-refractivity contribution in [3.63, 3.8) is 0 Å². The van der Waals surface area contributed by atoms with Gasteiger partial charge in [0.2, 0.25) is 0 Å². The molecule has 0 saturated heterocycles. The van der Waals surface area contributed by atoms with Crippen molar-refractivity contribution in [2.24, 2.45) is 0 Å². The topological polar surface area (TPSA) is 114 Å². The largest absolute Gasteiger partial charge is 0.494 e. The molecule has 0 aliphatic rings. The lowest BCUT2D eigenvalue weighted by atomic mass is 10.2. The minimum Gasteiger partial charge on any atom is -0.494 e. The lowest BCUT2D eigenvalue weighted by molar-refractivity contribution is -0.137. The summed E-state index contributed by atoms with van der Waals surface area (Å²) in [5.41, 5.74) is 0.590. The molecule has 0 saturated carbocycles. The third-order valence-corrected chi connectivity index (χ3v) is 4.65. The Hall–Kier alpha value is -4.66. The summed E-state index contributed by atoms with van der Waals surface area (Å²) in [6.45, 7) is 7.53. The summed E-state index contributed by atoms with van der Waals surface area (Å²) in [6, 6.07) is 12.4. The van der Waals surface area contributed by atoms with Gasteiger partial charge in [0.05, 0.1) is 24.3 Å². The lowest BCUT2D eigenvalue weighted by Crippen LogP contribution is -2.09. The Morgan fingerprint density at radius 3 is 1.97 bits per heavy atom. The first-order valence-electron chi connectivity index (χ1n) is 11.3. The Labute approximate surface area is 214 Å². The number of ether oxygens (including phenoxy) is 5. The second-order valence-electron chi connectivity index (χ2n) is 7.52. The molecule has 0 radical (unpaired) electrons. The van der Waals surface area contributed by atoms with Crippen LogP contribution in [-0.2, 0) is 23.8 Å². The highest BCUT2D eigenvalue weighted by atomic mass is 16.5. The lowest BCUT2D eigenvalue weighted by Gasteiger charge is -2.08. The van der Waals surface area contributed by atoms with Crippen LogP contribution in [0.1, 0.15) is 47.4 Å². The van der Waals surface area contributed by atoms with Crippen LogP contribution in [-0.4, -0.2) is 37.6 Å². The highest BCUT2D eigenvalue weighted by molar-refractivity contribution is 5.92. The van der Waals surface area contributed by atoms with E-state index >= 15 is 0 Å². The van der Waals surface area contributed by atoms with Gasteiger partial charge in [-0.25, -0.2) is 14.4 Å². The maximum Gasteiger partial charge on any atom is 0.343 e. The molecule has 0 fully saturated rings. The molecule has 0 heterocycles. The molecule has 2 aromatic carbocycles. The molecule has 194 valence electrons. The fourth-order valence-electron chi connectivity index (χ4n) is 2.73. The highest BCUT2D eigenvalue weighted by Crippen LogP contribution is 2.18. The van der Waals surface area contributed by atoms with Gasteiger partial charge in [0.25, 0.3) is 6.47 Å². The van der Waals surface area contributed by atoms with Gasteiger partial charge in [-0.3, -0.25) is 4.79 Å². The fraction of sp³-hybridized carbons (Fsp3) is 0.214. The zero-order chi connectivity index (χ0) is 27.0. The summed E-state index contributed by atoms with van der Waals surface area (Å²) >= 11 is 0. The fourth-order valence-corrected chi connectivity index (χ4v) is 2.73. The molecular weight excluding hydrogens is 480 g/mol. The predicted molar refractivity (Wildman–Crippen MR) is 134 cm³/mol. The van der Waals surface area contributed by atoms with E-state index in [1.165, 1.54) is 36.4 Å². The second kappa shape index (κ2) is 15.4.